The summed E-state index contributed by atoms with van der Waals surface area (Å²) < 4.78 is 2.08. The average molecular weight is 333 g/mol. The molecule has 0 unspecified atom stereocenters. The quantitative estimate of drug-likeness (QED) is 0.824. The molecular weight excluding hydrogens is 310 g/mol. The van der Waals surface area contributed by atoms with E-state index in [2.05, 4.69) is 14.9 Å². The molecule has 0 bridgehead atoms. The van der Waals surface area contributed by atoms with Gasteiger partial charge in [-0.15, -0.1) is 0 Å². The van der Waals surface area contributed by atoms with E-state index in [-0.39, 0.29) is 24.4 Å². The van der Waals surface area contributed by atoms with Gasteiger partial charge in [-0.05, 0) is 33.6 Å². The fraction of sp³-hybridized carbons (Fsp3) is 0.625. The molecule has 130 valence electrons. The standard InChI is InChI=1S/C16H23N5O3/c1-11-17-6-8-20(11)12-5-4-7-19(9-12)13(22)10-21-14(23)16(2,3)18-15(21)24/h6,8,12H,4-5,7,9-10H2,1-3H3,(H,18,24)/t12-/m0/s1. The first kappa shape index (κ1) is 16.5. The number of aromatic nitrogens is 2. The lowest BCUT2D eigenvalue weighted by atomic mass is 10.0. The van der Waals surface area contributed by atoms with Crippen molar-refractivity contribution in [2.45, 2.75) is 45.2 Å². The Labute approximate surface area is 140 Å². The number of rotatable bonds is 3. The van der Waals surface area contributed by atoms with E-state index < -0.39 is 11.6 Å². The van der Waals surface area contributed by atoms with Gasteiger partial charge in [-0.1, -0.05) is 0 Å². The summed E-state index contributed by atoms with van der Waals surface area (Å²) in [5.74, 6) is 0.365. The zero-order valence-electron chi connectivity index (χ0n) is 14.3. The molecule has 0 aliphatic carbocycles. The van der Waals surface area contributed by atoms with Crippen molar-refractivity contribution in [1.29, 1.82) is 0 Å². The Bertz CT molecular complexity index is 681. The fourth-order valence-corrected chi connectivity index (χ4v) is 3.38. The Morgan fingerprint density at radius 3 is 2.75 bits per heavy atom. The first-order chi connectivity index (χ1) is 11.3. The molecule has 0 saturated carbocycles. The lowest BCUT2D eigenvalue weighted by Gasteiger charge is -2.34. The number of piperidine rings is 1. The van der Waals surface area contributed by atoms with Crippen LogP contribution in [-0.4, -0.2) is 62.4 Å². The number of likely N-dealkylation sites (tertiary alicyclic amines) is 1. The van der Waals surface area contributed by atoms with E-state index >= 15 is 0 Å². The normalized spacial score (nSPS) is 23.5. The summed E-state index contributed by atoms with van der Waals surface area (Å²) in [7, 11) is 0. The van der Waals surface area contributed by atoms with Gasteiger partial charge in [0, 0.05) is 25.5 Å². The van der Waals surface area contributed by atoms with Crippen LogP contribution in [0.25, 0.3) is 0 Å². The van der Waals surface area contributed by atoms with Crippen LogP contribution in [0.2, 0.25) is 0 Å². The van der Waals surface area contributed by atoms with Crippen molar-refractivity contribution in [3.05, 3.63) is 18.2 Å². The van der Waals surface area contributed by atoms with Crippen LogP contribution in [0, 0.1) is 6.92 Å². The van der Waals surface area contributed by atoms with Gasteiger partial charge < -0.3 is 14.8 Å². The van der Waals surface area contributed by atoms with Gasteiger partial charge in [-0.2, -0.15) is 0 Å². The van der Waals surface area contributed by atoms with Crippen LogP contribution >= 0.6 is 0 Å². The Morgan fingerprint density at radius 2 is 2.17 bits per heavy atom. The van der Waals surface area contributed by atoms with Gasteiger partial charge in [0.25, 0.3) is 5.91 Å². The number of nitrogens with zero attached hydrogens (tertiary/aromatic N) is 4. The van der Waals surface area contributed by atoms with Crippen LogP contribution in [0.3, 0.4) is 0 Å². The summed E-state index contributed by atoms with van der Waals surface area (Å²) in [4.78, 5) is 43.7. The summed E-state index contributed by atoms with van der Waals surface area (Å²) in [6.45, 7) is 6.23. The SMILES string of the molecule is Cc1nccn1[C@H]1CCCN(C(=O)CN2C(=O)NC(C)(C)C2=O)C1. The van der Waals surface area contributed by atoms with Crippen molar-refractivity contribution >= 4 is 17.8 Å². The summed E-state index contributed by atoms with van der Waals surface area (Å²) in [6.07, 6.45) is 5.55. The maximum Gasteiger partial charge on any atom is 0.325 e. The predicted octanol–water partition coefficient (Wildman–Crippen LogP) is 0.685. The molecule has 1 aromatic rings. The van der Waals surface area contributed by atoms with E-state index in [9.17, 15) is 14.4 Å². The molecule has 4 amide bonds. The zero-order chi connectivity index (χ0) is 17.5. The number of carbonyl (C=O) groups excluding carboxylic acids is 3. The third kappa shape index (κ3) is 2.88. The van der Waals surface area contributed by atoms with Gasteiger partial charge in [-0.25, -0.2) is 9.78 Å². The van der Waals surface area contributed by atoms with Crippen LogP contribution in [-0.2, 0) is 9.59 Å². The highest BCUT2D eigenvalue weighted by atomic mass is 16.2. The van der Waals surface area contributed by atoms with Crippen LogP contribution < -0.4 is 5.32 Å². The summed E-state index contributed by atoms with van der Waals surface area (Å²) >= 11 is 0. The van der Waals surface area contributed by atoms with E-state index in [1.807, 2.05) is 13.1 Å². The third-order valence-corrected chi connectivity index (χ3v) is 4.74. The lowest BCUT2D eigenvalue weighted by Crippen LogP contribution is -2.47. The van der Waals surface area contributed by atoms with Gasteiger partial charge in [0.05, 0.1) is 6.04 Å². The number of imidazole rings is 1. The summed E-state index contributed by atoms with van der Waals surface area (Å²) in [5, 5.41) is 2.59. The second-order valence-electron chi connectivity index (χ2n) is 6.96. The summed E-state index contributed by atoms with van der Waals surface area (Å²) in [6, 6.07) is -0.317. The second-order valence-corrected chi connectivity index (χ2v) is 6.96. The number of nitrogens with one attached hydrogen (secondary N) is 1. The van der Waals surface area contributed by atoms with Gasteiger partial charge in [0.15, 0.2) is 0 Å². The van der Waals surface area contributed by atoms with Crippen molar-refractivity contribution < 1.29 is 14.4 Å². The largest absolute Gasteiger partial charge is 0.339 e. The van der Waals surface area contributed by atoms with Crippen molar-refractivity contribution in [2.75, 3.05) is 19.6 Å². The molecule has 1 aromatic heterocycles. The van der Waals surface area contributed by atoms with E-state index in [0.29, 0.717) is 13.1 Å². The van der Waals surface area contributed by atoms with Gasteiger partial charge in [0.1, 0.15) is 17.9 Å². The first-order valence-electron chi connectivity index (χ1n) is 8.21. The molecule has 1 N–H and O–H groups in total. The topological polar surface area (TPSA) is 87.5 Å². The molecule has 2 aliphatic rings. The van der Waals surface area contributed by atoms with Gasteiger partial charge >= 0.3 is 6.03 Å². The van der Waals surface area contributed by atoms with Crippen molar-refractivity contribution in [2.24, 2.45) is 0 Å². The summed E-state index contributed by atoms with van der Waals surface area (Å²) in [5.41, 5.74) is -0.949. The monoisotopic (exact) mass is 333 g/mol. The number of hydrogen-bond acceptors (Lipinski definition) is 4. The zero-order valence-corrected chi connectivity index (χ0v) is 14.3. The molecule has 0 radical (unpaired) electrons. The maximum absolute atomic E-state index is 12.6. The Hall–Kier alpha value is -2.38. The molecule has 3 rings (SSSR count). The van der Waals surface area contributed by atoms with Gasteiger partial charge in [0.2, 0.25) is 5.91 Å². The van der Waals surface area contributed by atoms with E-state index in [0.717, 1.165) is 23.6 Å². The number of amides is 4. The van der Waals surface area contributed by atoms with E-state index in [1.165, 1.54) is 0 Å². The van der Waals surface area contributed by atoms with Gasteiger partial charge in [-0.3, -0.25) is 14.5 Å². The Balaban J connectivity index is 1.66. The maximum atomic E-state index is 12.6. The number of aryl methyl sites for hydroxylation is 1. The first-order valence-corrected chi connectivity index (χ1v) is 8.21. The molecular formula is C16H23N5O3. The molecule has 24 heavy (non-hydrogen) atoms. The fourth-order valence-electron chi connectivity index (χ4n) is 3.38. The Morgan fingerprint density at radius 1 is 1.42 bits per heavy atom. The minimum absolute atomic E-state index is 0.185. The van der Waals surface area contributed by atoms with E-state index in [4.69, 9.17) is 0 Å². The minimum Gasteiger partial charge on any atom is -0.339 e. The number of carbonyl (C=O) groups is 3. The predicted molar refractivity (Wildman–Crippen MR) is 86.1 cm³/mol. The molecule has 0 spiro atoms. The number of urea groups is 1. The van der Waals surface area contributed by atoms with Crippen LogP contribution in [0.15, 0.2) is 12.4 Å². The smallest absolute Gasteiger partial charge is 0.325 e. The lowest BCUT2D eigenvalue weighted by molar-refractivity contribution is -0.139. The molecule has 2 aliphatic heterocycles. The van der Waals surface area contributed by atoms with Crippen LogP contribution in [0.5, 0.6) is 0 Å². The average Bonchev–Trinajstić information content (AvgIpc) is 3.04. The van der Waals surface area contributed by atoms with Crippen LogP contribution in [0.4, 0.5) is 4.79 Å². The van der Waals surface area contributed by atoms with Crippen molar-refractivity contribution in [1.82, 2.24) is 24.7 Å². The molecule has 1 atom stereocenters. The molecule has 8 nitrogen and oxygen atoms in total. The van der Waals surface area contributed by atoms with Crippen molar-refractivity contribution in [3.8, 4) is 0 Å². The number of imide groups is 1. The molecule has 8 heteroatoms. The van der Waals surface area contributed by atoms with E-state index in [1.54, 1.807) is 24.9 Å². The highest BCUT2D eigenvalue weighted by Gasteiger charge is 2.45. The molecule has 0 aromatic carbocycles. The third-order valence-electron chi connectivity index (χ3n) is 4.74. The van der Waals surface area contributed by atoms with Crippen LogP contribution in [0.1, 0.15) is 38.6 Å². The Kier molecular flexibility index (Phi) is 4.06. The second kappa shape index (κ2) is 5.92. The number of hydrogen-bond donors (Lipinski definition) is 1. The highest BCUT2D eigenvalue weighted by molar-refractivity contribution is 6.08. The molecule has 3 heterocycles. The highest BCUT2D eigenvalue weighted by Crippen LogP contribution is 2.23. The molecule has 2 saturated heterocycles. The van der Waals surface area contributed by atoms with Crippen molar-refractivity contribution in [3.63, 3.8) is 0 Å². The minimum atomic E-state index is -0.949. The molecule has 2 fully saturated rings.